The van der Waals surface area contributed by atoms with Crippen LogP contribution in [-0.2, 0) is 0 Å². The zero-order chi connectivity index (χ0) is 22.1. The highest BCUT2D eigenvalue weighted by molar-refractivity contribution is 6.88. The lowest BCUT2D eigenvalue weighted by Crippen LogP contribution is -2.37. The van der Waals surface area contributed by atoms with Crippen molar-refractivity contribution in [3.05, 3.63) is 115 Å². The molecule has 156 valence electrons. The predicted molar refractivity (Wildman–Crippen MR) is 143 cm³/mol. The van der Waals surface area contributed by atoms with Gasteiger partial charge in [0.15, 0.2) is 0 Å². The average Bonchev–Trinajstić information content (AvgIpc) is 2.83. The minimum absolute atomic E-state index is 1.25. The van der Waals surface area contributed by atoms with Crippen molar-refractivity contribution in [2.24, 2.45) is 0 Å². The van der Waals surface area contributed by atoms with Gasteiger partial charge in [-0.05, 0) is 56.3 Å². The van der Waals surface area contributed by atoms with Crippen LogP contribution >= 0.6 is 0 Å². The molecule has 32 heavy (non-hydrogen) atoms. The first-order chi connectivity index (χ1) is 15.5. The average molecular weight is 429 g/mol. The minimum Gasteiger partial charge on any atom is -0.0656 e. The highest BCUT2D eigenvalue weighted by Gasteiger charge is 2.15. The Bertz CT molecular complexity index is 1370. The largest absolute Gasteiger partial charge is 0.0775 e. The van der Waals surface area contributed by atoms with Crippen LogP contribution in [0.3, 0.4) is 0 Å². The van der Waals surface area contributed by atoms with Crippen LogP contribution in [0.1, 0.15) is 0 Å². The van der Waals surface area contributed by atoms with Gasteiger partial charge in [-0.3, -0.25) is 0 Å². The van der Waals surface area contributed by atoms with E-state index in [0.717, 1.165) is 0 Å². The molecule has 0 unspecified atom stereocenters. The van der Waals surface area contributed by atoms with E-state index in [1.54, 1.807) is 0 Å². The molecule has 0 aliphatic carbocycles. The molecule has 0 aliphatic rings. The lowest BCUT2D eigenvalue weighted by atomic mass is 9.96. The van der Waals surface area contributed by atoms with Crippen LogP contribution in [0.4, 0.5) is 0 Å². The molecule has 0 N–H and O–H groups in total. The van der Waals surface area contributed by atoms with E-state index >= 15 is 0 Å². The van der Waals surface area contributed by atoms with Crippen LogP contribution in [0.2, 0.25) is 19.6 Å². The Hall–Kier alpha value is -3.42. The third kappa shape index (κ3) is 4.17. The van der Waals surface area contributed by atoms with Crippen molar-refractivity contribution in [3.63, 3.8) is 0 Å². The van der Waals surface area contributed by atoms with Crippen molar-refractivity contribution < 1.29 is 0 Å². The summed E-state index contributed by atoms with van der Waals surface area (Å²) in [6, 6.07) is 42.2. The Morgan fingerprint density at radius 3 is 1.47 bits per heavy atom. The quantitative estimate of drug-likeness (QED) is 0.252. The van der Waals surface area contributed by atoms with Gasteiger partial charge in [-0.15, -0.1) is 0 Å². The van der Waals surface area contributed by atoms with Gasteiger partial charge in [-0.2, -0.15) is 0 Å². The fraction of sp³-hybridized carbons (Fsp3) is 0.0968. The Balaban J connectivity index is 1.43. The Morgan fingerprint density at radius 2 is 0.844 bits per heavy atom. The van der Waals surface area contributed by atoms with Gasteiger partial charge >= 0.3 is 0 Å². The highest BCUT2D eigenvalue weighted by Crippen LogP contribution is 2.30. The summed E-state index contributed by atoms with van der Waals surface area (Å²) in [5, 5.41) is 4.06. The van der Waals surface area contributed by atoms with Crippen LogP contribution in [-0.4, -0.2) is 8.07 Å². The summed E-state index contributed by atoms with van der Waals surface area (Å²) in [7, 11) is -1.26. The van der Waals surface area contributed by atoms with Gasteiger partial charge in [0, 0.05) is 0 Å². The summed E-state index contributed by atoms with van der Waals surface area (Å²) in [4.78, 5) is 0. The maximum absolute atomic E-state index is 2.39. The Labute approximate surface area is 192 Å². The van der Waals surface area contributed by atoms with E-state index in [0.29, 0.717) is 0 Å². The molecular weight excluding hydrogens is 400 g/mol. The Kier molecular flexibility index (Phi) is 5.28. The summed E-state index contributed by atoms with van der Waals surface area (Å²) < 4.78 is 0. The molecular formula is C31H28Si. The zero-order valence-electron chi connectivity index (χ0n) is 19.0. The summed E-state index contributed by atoms with van der Waals surface area (Å²) >= 11 is 0. The van der Waals surface area contributed by atoms with Crippen molar-refractivity contribution >= 4 is 24.0 Å². The van der Waals surface area contributed by atoms with Gasteiger partial charge in [-0.25, -0.2) is 0 Å². The normalized spacial score (nSPS) is 11.6. The van der Waals surface area contributed by atoms with Crippen molar-refractivity contribution in [2.75, 3.05) is 0 Å². The second kappa shape index (κ2) is 8.25. The van der Waals surface area contributed by atoms with E-state index < -0.39 is 8.07 Å². The first kappa shape index (κ1) is 20.5. The standard InChI is InChI=1S/C31H28Si/c1-32(2,3)31-19-17-25(18-20-31)24-11-13-26(14-12-24)28-9-6-10-29(21-28)30-16-15-23-7-4-5-8-27(23)22-30/h4-22H,1-3H3. The van der Waals surface area contributed by atoms with Gasteiger partial charge in [0.25, 0.3) is 0 Å². The van der Waals surface area contributed by atoms with Crippen LogP contribution in [0.25, 0.3) is 44.2 Å². The molecule has 5 aromatic carbocycles. The minimum atomic E-state index is -1.26. The topological polar surface area (TPSA) is 0 Å². The lowest BCUT2D eigenvalue weighted by molar-refractivity contribution is 1.58. The molecule has 5 aromatic rings. The molecule has 0 fully saturated rings. The SMILES string of the molecule is C[Si](C)(C)c1ccc(-c2ccc(-c3cccc(-c4ccc5ccccc5c4)c3)cc2)cc1. The molecule has 0 amide bonds. The fourth-order valence-corrected chi connectivity index (χ4v) is 5.43. The molecule has 0 nitrogen and oxygen atoms in total. The van der Waals surface area contributed by atoms with Crippen LogP contribution in [0.15, 0.2) is 115 Å². The number of fused-ring (bicyclic) bond motifs is 1. The Morgan fingerprint density at radius 1 is 0.375 bits per heavy atom. The van der Waals surface area contributed by atoms with Crippen molar-refractivity contribution in [3.8, 4) is 33.4 Å². The molecule has 0 radical (unpaired) electrons. The van der Waals surface area contributed by atoms with Crippen LogP contribution < -0.4 is 5.19 Å². The van der Waals surface area contributed by atoms with Crippen LogP contribution in [0.5, 0.6) is 0 Å². The van der Waals surface area contributed by atoms with Gasteiger partial charge in [-0.1, -0.05) is 128 Å². The highest BCUT2D eigenvalue weighted by atomic mass is 28.3. The van der Waals surface area contributed by atoms with Crippen LogP contribution in [0, 0.1) is 0 Å². The fourth-order valence-electron chi connectivity index (χ4n) is 4.27. The van der Waals surface area contributed by atoms with E-state index in [2.05, 4.69) is 135 Å². The maximum atomic E-state index is 2.39. The molecule has 0 atom stereocenters. The van der Waals surface area contributed by atoms with Crippen molar-refractivity contribution in [2.45, 2.75) is 19.6 Å². The van der Waals surface area contributed by atoms with E-state index in [1.165, 1.54) is 49.3 Å². The molecule has 0 saturated carbocycles. The molecule has 0 bridgehead atoms. The first-order valence-corrected chi connectivity index (χ1v) is 14.8. The molecule has 1 heteroatoms. The molecule has 0 saturated heterocycles. The van der Waals surface area contributed by atoms with E-state index in [1.807, 2.05) is 0 Å². The zero-order valence-corrected chi connectivity index (χ0v) is 20.0. The molecule has 0 heterocycles. The summed E-state index contributed by atoms with van der Waals surface area (Å²) in [5.74, 6) is 0. The smallest absolute Gasteiger partial charge is 0.0656 e. The van der Waals surface area contributed by atoms with E-state index in [4.69, 9.17) is 0 Å². The summed E-state index contributed by atoms with van der Waals surface area (Å²) in [5.41, 5.74) is 7.54. The van der Waals surface area contributed by atoms with Crippen molar-refractivity contribution in [1.29, 1.82) is 0 Å². The molecule has 0 aliphatic heterocycles. The lowest BCUT2D eigenvalue weighted by Gasteiger charge is -2.16. The molecule has 0 spiro atoms. The van der Waals surface area contributed by atoms with E-state index in [-0.39, 0.29) is 0 Å². The maximum Gasteiger partial charge on any atom is 0.0775 e. The van der Waals surface area contributed by atoms with Gasteiger partial charge in [0.2, 0.25) is 0 Å². The van der Waals surface area contributed by atoms with Gasteiger partial charge in [0.1, 0.15) is 0 Å². The van der Waals surface area contributed by atoms with E-state index in [9.17, 15) is 0 Å². The third-order valence-corrected chi connectivity index (χ3v) is 8.31. The van der Waals surface area contributed by atoms with Gasteiger partial charge in [0.05, 0.1) is 8.07 Å². The predicted octanol–water partition coefficient (Wildman–Crippen LogP) is 8.39. The molecule has 0 aromatic heterocycles. The summed E-state index contributed by atoms with van der Waals surface area (Å²) in [6.07, 6.45) is 0. The third-order valence-electron chi connectivity index (χ3n) is 6.25. The number of hydrogen-bond donors (Lipinski definition) is 0. The number of rotatable bonds is 4. The number of benzene rings is 5. The van der Waals surface area contributed by atoms with Gasteiger partial charge < -0.3 is 0 Å². The molecule has 5 rings (SSSR count). The second-order valence-electron chi connectivity index (χ2n) is 9.55. The number of hydrogen-bond acceptors (Lipinski definition) is 0. The monoisotopic (exact) mass is 428 g/mol. The summed E-state index contributed by atoms with van der Waals surface area (Å²) in [6.45, 7) is 7.18. The second-order valence-corrected chi connectivity index (χ2v) is 14.6. The first-order valence-electron chi connectivity index (χ1n) is 11.3. The van der Waals surface area contributed by atoms with Crippen molar-refractivity contribution in [1.82, 2.24) is 0 Å².